The highest BCUT2D eigenvalue weighted by Crippen LogP contribution is 2.42. The van der Waals surface area contributed by atoms with Gasteiger partial charge in [0.05, 0.1) is 141 Å². The molecule has 0 unspecified atom stereocenters. The molecule has 770 valence electrons. The first-order valence-corrected chi connectivity index (χ1v) is 53.0. The van der Waals surface area contributed by atoms with Crippen molar-refractivity contribution in [3.05, 3.63) is 320 Å². The largest absolute Gasteiger partial charge is 0.497 e. The van der Waals surface area contributed by atoms with Crippen LogP contribution in [0.3, 0.4) is 0 Å². The lowest BCUT2D eigenvalue weighted by atomic mass is 10.0. The number of aromatic nitrogens is 5. The van der Waals surface area contributed by atoms with Gasteiger partial charge in [-0.05, 0) is 270 Å². The molecule has 0 saturated carbocycles. The van der Waals surface area contributed by atoms with Crippen LogP contribution in [0.2, 0.25) is 0 Å². The van der Waals surface area contributed by atoms with Gasteiger partial charge in [-0.2, -0.15) is 18.4 Å². The zero-order valence-corrected chi connectivity index (χ0v) is 85.5. The number of alkyl halides is 3. The van der Waals surface area contributed by atoms with E-state index in [0.29, 0.717) is 91.8 Å². The van der Waals surface area contributed by atoms with E-state index in [0.717, 1.165) is 301 Å². The molecule has 6 N–H and O–H groups in total. The standard InChI is InChI=1S/C34H43N5O2.C30H33N5O3.C27H22F3N5O.C27H25N5O2S/c1-3-5-19-39(20-6-4-2)32-23-26(13-18-36-32)31-22-27-10-8-12-30(33(27)38-31)34(40)37-28-11-7-9-25(21-28)24-41-29-14-16-35-17-15-29;36-30(33-24-5-1-3-21(17-24)20-38-25-8-10-31-11-9-25)26-6-2-4-23-18-27(34-29(23)26)22-7-12-32-28(19-22)35-13-15-37-16-14-35;28-27(29,30)22-14-20(9-7-18(22)15-31)33-26(36)21-6-4-5-17-13-23(34-25(17)21)19-8-10-24(32-16-19)35-11-2-1-3-12-35;1-34-19-9-10-21-23(15-19)35-27(30-21)31-26(33)20-7-5-6-17-14-22(29-25(17)20)18-8-11-24(28-16-18)32-12-3-2-4-13-32/h7-13,18,21,23,29,35H,3-6,14-17,19-20,22,24H2,1-2H3,(H,37,40);1-7,12,17,19,25,31H,8-11,13-16,18,20H2,(H,33,36);4-10,14,16H,1-3,11-13H2,(H,33,36);5-11,15-16H,2-4,12-14H2,1H3,(H,30,31,33). The first-order chi connectivity index (χ1) is 73.4. The number of halogens is 3. The number of hydrogen-bond acceptors (Lipinski definition) is 25. The normalized spacial score (nSPS) is 15.7. The van der Waals surface area contributed by atoms with E-state index in [-0.39, 0.29) is 29.0 Å². The van der Waals surface area contributed by atoms with Gasteiger partial charge in [0, 0.05) is 142 Å². The molecule has 8 aromatic carbocycles. The molecule has 0 aliphatic carbocycles. The number of aliphatic imine (C=N–C) groups is 4. The molecule has 28 nitrogen and oxygen atoms in total. The number of nitriles is 1. The van der Waals surface area contributed by atoms with Crippen LogP contribution in [0.15, 0.2) is 251 Å². The van der Waals surface area contributed by atoms with E-state index in [4.69, 9.17) is 54.1 Å². The van der Waals surface area contributed by atoms with Crippen molar-refractivity contribution in [2.24, 2.45) is 20.0 Å². The number of pyridine rings is 4. The van der Waals surface area contributed by atoms with Gasteiger partial charge in [-0.15, -0.1) is 0 Å². The molecule has 4 amide bonds. The number of benzene rings is 8. The van der Waals surface area contributed by atoms with Crippen LogP contribution in [0.1, 0.15) is 212 Å². The minimum Gasteiger partial charge on any atom is -0.497 e. The van der Waals surface area contributed by atoms with Crippen molar-refractivity contribution < 1.29 is 51.3 Å². The fourth-order valence-corrected chi connectivity index (χ4v) is 20.9. The van der Waals surface area contributed by atoms with Crippen molar-refractivity contribution in [1.82, 2.24) is 35.6 Å². The molecule has 32 heteroatoms. The Kier molecular flexibility index (Phi) is 34.0. The maximum Gasteiger partial charge on any atom is 0.417 e. The number of piperidine rings is 4. The smallest absolute Gasteiger partial charge is 0.417 e. The number of amides is 4. The quantitative estimate of drug-likeness (QED) is 0.0254. The third kappa shape index (κ3) is 25.9. The van der Waals surface area contributed by atoms with E-state index >= 15 is 0 Å². The zero-order chi connectivity index (χ0) is 103. The molecular formula is C118H123F3N20O8S. The molecule has 22 rings (SSSR count). The summed E-state index contributed by atoms with van der Waals surface area (Å²) in [6.45, 7) is 18.8. The number of unbranched alkanes of at least 4 members (excludes halogenated alkanes) is 2. The summed E-state index contributed by atoms with van der Waals surface area (Å²) in [4.78, 5) is 105. The molecule has 0 radical (unpaired) electrons. The predicted octanol–water partition coefficient (Wildman–Crippen LogP) is 22.3. The lowest BCUT2D eigenvalue weighted by Gasteiger charge is -2.28. The van der Waals surface area contributed by atoms with E-state index in [1.54, 1.807) is 25.4 Å². The van der Waals surface area contributed by atoms with Crippen LogP contribution in [0.25, 0.3) is 10.2 Å². The molecule has 9 aliphatic rings. The molecule has 150 heavy (non-hydrogen) atoms. The average Bonchev–Trinajstić information content (AvgIpc) is 1.65. The third-order valence-electron chi connectivity index (χ3n) is 28.2. The number of para-hydroxylation sites is 4. The number of morpholine rings is 1. The van der Waals surface area contributed by atoms with E-state index in [1.165, 1.54) is 49.2 Å². The van der Waals surface area contributed by atoms with Crippen molar-refractivity contribution >= 4 is 136 Å². The lowest BCUT2D eigenvalue weighted by molar-refractivity contribution is -0.137. The van der Waals surface area contributed by atoms with Crippen molar-refractivity contribution in [3.63, 3.8) is 0 Å². The maximum atomic E-state index is 13.4. The SMILES string of the molecule is CCCCN(CCCC)c1cc(C2=Nc3c(cccc3C(=O)Nc3cccc(COC4CCNCC4)c3)C2)ccn1.COc1ccc2nc(NC(=O)c3cccc4c3N=C(c3ccc(N5CCCCC5)nc3)C4)sc2c1.N#Cc1ccc(NC(=O)c2cccc3c2N=C(c2ccc(N4CCCCC4)nc2)C3)cc1C(F)(F)F.O=C(Nc1cccc(COC2CCNCC2)c1)c1cccc2c1N=C(c1ccnc(N3CCOCC3)c1)C2. The van der Waals surface area contributed by atoms with E-state index < -0.39 is 23.2 Å². The second kappa shape index (κ2) is 49.3. The van der Waals surface area contributed by atoms with Crippen molar-refractivity contribution in [2.45, 2.75) is 161 Å². The van der Waals surface area contributed by atoms with Gasteiger partial charge in [-0.1, -0.05) is 111 Å². The van der Waals surface area contributed by atoms with Gasteiger partial charge in [-0.3, -0.25) is 44.5 Å². The van der Waals surface area contributed by atoms with Gasteiger partial charge in [0.25, 0.3) is 23.6 Å². The van der Waals surface area contributed by atoms with Crippen molar-refractivity contribution in [2.75, 3.05) is 140 Å². The minimum absolute atomic E-state index is 0.0522. The first kappa shape index (κ1) is 103. The maximum absolute atomic E-state index is 13.4. The Balaban J connectivity index is 0.000000126. The van der Waals surface area contributed by atoms with Crippen LogP contribution in [-0.4, -0.2) is 182 Å². The van der Waals surface area contributed by atoms with Crippen LogP contribution in [0, 0.1) is 11.3 Å². The topological polar surface area (TPSA) is 328 Å². The summed E-state index contributed by atoms with van der Waals surface area (Å²) in [6, 6.07) is 65.2. The highest BCUT2D eigenvalue weighted by molar-refractivity contribution is 7.22. The average molecular weight is 2040 g/mol. The molecule has 14 heterocycles. The van der Waals surface area contributed by atoms with E-state index in [9.17, 15) is 32.3 Å². The summed E-state index contributed by atoms with van der Waals surface area (Å²) in [7, 11) is 1.63. The summed E-state index contributed by atoms with van der Waals surface area (Å²) >= 11 is 1.42. The number of carbonyl (C=O) groups excluding carboxylic acids is 4. The summed E-state index contributed by atoms with van der Waals surface area (Å²) in [5.74, 6) is 3.57. The van der Waals surface area contributed by atoms with Crippen LogP contribution in [0.5, 0.6) is 5.75 Å². The number of anilines is 8. The molecule has 9 aliphatic heterocycles. The summed E-state index contributed by atoms with van der Waals surface area (Å²) < 4.78 is 63.8. The van der Waals surface area contributed by atoms with Crippen LogP contribution < -0.4 is 56.2 Å². The number of hydrogen-bond donors (Lipinski definition) is 6. The van der Waals surface area contributed by atoms with Gasteiger partial charge < -0.3 is 65.1 Å². The van der Waals surface area contributed by atoms with Crippen LogP contribution in [0.4, 0.5) is 81.4 Å². The monoisotopic (exact) mass is 2040 g/mol. The second-order valence-electron chi connectivity index (χ2n) is 38.7. The molecule has 5 saturated heterocycles. The summed E-state index contributed by atoms with van der Waals surface area (Å²) in [5, 5.41) is 27.9. The van der Waals surface area contributed by atoms with E-state index in [1.807, 2.05) is 164 Å². The third-order valence-corrected chi connectivity index (χ3v) is 29.1. The lowest BCUT2D eigenvalue weighted by Crippen LogP contribution is -2.36. The number of thiazole rings is 1. The number of nitrogens with one attached hydrogen (secondary N) is 6. The number of carbonyl (C=O) groups is 4. The summed E-state index contributed by atoms with van der Waals surface area (Å²) in [5.41, 5.74) is 19.1. The van der Waals surface area contributed by atoms with Gasteiger partial charge in [-0.25, -0.2) is 24.9 Å². The Labute approximate surface area is 875 Å². The van der Waals surface area contributed by atoms with E-state index in [2.05, 4.69) is 111 Å². The minimum atomic E-state index is -4.71. The van der Waals surface area contributed by atoms with Crippen molar-refractivity contribution in [3.8, 4) is 11.8 Å². The van der Waals surface area contributed by atoms with Crippen LogP contribution in [-0.2, 0) is 59.3 Å². The highest BCUT2D eigenvalue weighted by atomic mass is 32.1. The Bertz CT molecular complexity index is 7190. The molecule has 0 bridgehead atoms. The fourth-order valence-electron chi connectivity index (χ4n) is 20.0. The number of fused-ring (bicyclic) bond motifs is 5. The van der Waals surface area contributed by atoms with Crippen molar-refractivity contribution in [1.29, 1.82) is 5.26 Å². The Hall–Kier alpha value is -15.1. The molecule has 0 atom stereocenters. The number of nitrogens with zero attached hydrogens (tertiary/aromatic N) is 14. The second-order valence-corrected chi connectivity index (χ2v) is 39.7. The predicted molar refractivity (Wildman–Crippen MR) is 588 cm³/mol. The molecule has 13 aromatic rings. The Morgan fingerprint density at radius 2 is 0.907 bits per heavy atom. The molecular weight excluding hydrogens is 1910 g/mol. The first-order valence-electron chi connectivity index (χ1n) is 52.2. The van der Waals surface area contributed by atoms with Gasteiger partial charge >= 0.3 is 6.18 Å². The van der Waals surface area contributed by atoms with Gasteiger partial charge in [0.15, 0.2) is 5.13 Å². The zero-order valence-electron chi connectivity index (χ0n) is 84.7. The number of ether oxygens (including phenoxy) is 4. The Morgan fingerprint density at radius 3 is 1.35 bits per heavy atom. The fraction of sp³-hybridized carbons (Fsp3) is 0.339. The molecule has 5 aromatic heterocycles. The Morgan fingerprint density at radius 1 is 0.467 bits per heavy atom. The number of methoxy groups -OCH3 is 1. The van der Waals surface area contributed by atoms with Crippen LogP contribution >= 0.6 is 11.3 Å². The highest BCUT2D eigenvalue weighted by Gasteiger charge is 2.36. The van der Waals surface area contributed by atoms with Gasteiger partial charge in [0.1, 0.15) is 29.0 Å². The summed E-state index contributed by atoms with van der Waals surface area (Å²) in [6.07, 6.45) is 22.0. The molecule has 0 spiro atoms. The van der Waals surface area contributed by atoms with Gasteiger partial charge in [0.2, 0.25) is 0 Å². The number of rotatable bonds is 29. The molecule has 5 fully saturated rings.